The molecule has 0 radical (unpaired) electrons. The first kappa shape index (κ1) is 9.73. The Labute approximate surface area is 78.2 Å². The molecular formula is C7H7ClN2O3. The highest BCUT2D eigenvalue weighted by atomic mass is 35.5. The predicted octanol–water partition coefficient (Wildman–Crippen LogP) is -0.537. The Morgan fingerprint density at radius 2 is 1.92 bits per heavy atom. The molecule has 0 aromatic carbocycles. The van der Waals surface area contributed by atoms with Gasteiger partial charge in [0.1, 0.15) is 5.56 Å². The molecule has 0 fully saturated rings. The summed E-state index contributed by atoms with van der Waals surface area (Å²) >= 11 is 5.14. The van der Waals surface area contributed by atoms with E-state index in [1.807, 2.05) is 0 Å². The van der Waals surface area contributed by atoms with Crippen LogP contribution in [0.5, 0.6) is 0 Å². The van der Waals surface area contributed by atoms with Crippen molar-refractivity contribution < 1.29 is 4.79 Å². The summed E-state index contributed by atoms with van der Waals surface area (Å²) in [5.41, 5.74) is -1.37. The summed E-state index contributed by atoms with van der Waals surface area (Å²) in [6.07, 6.45) is 1.12. The maximum atomic E-state index is 11.2. The Morgan fingerprint density at radius 1 is 1.38 bits per heavy atom. The molecule has 0 unspecified atom stereocenters. The van der Waals surface area contributed by atoms with Crippen LogP contribution in [0.4, 0.5) is 0 Å². The van der Waals surface area contributed by atoms with Gasteiger partial charge < -0.3 is 4.57 Å². The standard InChI is InChI=1S/C7H7ClN2O3/c1-9-3-4(5(8)11)6(12)10(2)7(9)13/h3H,1-2H3. The summed E-state index contributed by atoms with van der Waals surface area (Å²) in [5.74, 6) is 0. The van der Waals surface area contributed by atoms with Gasteiger partial charge in [0.2, 0.25) is 0 Å². The third-order valence-electron chi connectivity index (χ3n) is 1.66. The van der Waals surface area contributed by atoms with Gasteiger partial charge >= 0.3 is 5.69 Å². The van der Waals surface area contributed by atoms with Gasteiger partial charge in [-0.1, -0.05) is 0 Å². The summed E-state index contributed by atoms with van der Waals surface area (Å²) in [5, 5.41) is -0.865. The lowest BCUT2D eigenvalue weighted by Crippen LogP contribution is -2.39. The lowest BCUT2D eigenvalue weighted by molar-refractivity contribution is 0.107. The first-order chi connectivity index (χ1) is 5.95. The Kier molecular flexibility index (Phi) is 2.38. The second kappa shape index (κ2) is 3.18. The summed E-state index contributed by atoms with van der Waals surface area (Å²) in [6.45, 7) is 0. The number of rotatable bonds is 1. The average molecular weight is 203 g/mol. The van der Waals surface area contributed by atoms with E-state index in [-0.39, 0.29) is 5.56 Å². The van der Waals surface area contributed by atoms with Crippen molar-refractivity contribution in [2.75, 3.05) is 0 Å². The lowest BCUT2D eigenvalue weighted by atomic mass is 10.3. The molecule has 1 aromatic rings. The molecule has 0 saturated carbocycles. The average Bonchev–Trinajstić information content (AvgIpc) is 2.07. The van der Waals surface area contributed by atoms with Crippen LogP contribution in [0.25, 0.3) is 0 Å². The molecule has 0 saturated heterocycles. The Hall–Kier alpha value is -1.36. The number of aromatic nitrogens is 2. The van der Waals surface area contributed by atoms with Crippen molar-refractivity contribution in [3.05, 3.63) is 32.6 Å². The van der Waals surface area contributed by atoms with Gasteiger partial charge in [0.05, 0.1) is 0 Å². The second-order valence-corrected chi connectivity index (χ2v) is 2.92. The fourth-order valence-corrected chi connectivity index (χ4v) is 1.07. The smallest absolute Gasteiger partial charge is 0.303 e. The normalized spacial score (nSPS) is 10.1. The minimum atomic E-state index is -0.865. The SMILES string of the molecule is Cn1cc(C(=O)Cl)c(=O)n(C)c1=O. The zero-order chi connectivity index (χ0) is 10.2. The van der Waals surface area contributed by atoms with Crippen LogP contribution in [0, 0.1) is 0 Å². The third kappa shape index (κ3) is 1.55. The Balaban J connectivity index is 3.70. The largest absolute Gasteiger partial charge is 0.330 e. The number of nitrogens with zero attached hydrogens (tertiary/aromatic N) is 2. The topological polar surface area (TPSA) is 61.1 Å². The maximum absolute atomic E-state index is 11.2. The van der Waals surface area contributed by atoms with Crippen molar-refractivity contribution in [1.29, 1.82) is 0 Å². The molecule has 0 aliphatic heterocycles. The molecule has 0 spiro atoms. The summed E-state index contributed by atoms with van der Waals surface area (Å²) < 4.78 is 1.95. The van der Waals surface area contributed by atoms with E-state index in [2.05, 4.69) is 0 Å². The minimum Gasteiger partial charge on any atom is -0.303 e. The highest BCUT2D eigenvalue weighted by Crippen LogP contribution is 1.93. The highest BCUT2D eigenvalue weighted by Gasteiger charge is 2.11. The van der Waals surface area contributed by atoms with E-state index in [1.165, 1.54) is 14.1 Å². The van der Waals surface area contributed by atoms with Gasteiger partial charge in [-0.05, 0) is 11.6 Å². The summed E-state index contributed by atoms with van der Waals surface area (Å²) in [4.78, 5) is 33.1. The van der Waals surface area contributed by atoms with Gasteiger partial charge in [-0.2, -0.15) is 0 Å². The van der Waals surface area contributed by atoms with Crippen LogP contribution in [0.1, 0.15) is 10.4 Å². The zero-order valence-corrected chi connectivity index (χ0v) is 7.83. The van der Waals surface area contributed by atoms with Crippen LogP contribution in [0.2, 0.25) is 0 Å². The molecular weight excluding hydrogens is 196 g/mol. The number of carbonyl (C=O) groups is 1. The van der Waals surface area contributed by atoms with E-state index in [0.717, 1.165) is 15.3 Å². The maximum Gasteiger partial charge on any atom is 0.330 e. The van der Waals surface area contributed by atoms with E-state index in [9.17, 15) is 14.4 Å². The van der Waals surface area contributed by atoms with Gasteiger partial charge in [0.25, 0.3) is 10.8 Å². The molecule has 13 heavy (non-hydrogen) atoms. The Bertz CT molecular complexity index is 472. The van der Waals surface area contributed by atoms with Gasteiger partial charge in [0, 0.05) is 20.3 Å². The molecule has 1 rings (SSSR count). The molecule has 6 heteroatoms. The van der Waals surface area contributed by atoms with E-state index < -0.39 is 16.5 Å². The molecule has 0 N–H and O–H groups in total. The minimum absolute atomic E-state index is 0.203. The quantitative estimate of drug-likeness (QED) is 0.575. The molecule has 0 aliphatic rings. The second-order valence-electron chi connectivity index (χ2n) is 2.57. The van der Waals surface area contributed by atoms with E-state index in [1.54, 1.807) is 0 Å². The predicted molar refractivity (Wildman–Crippen MR) is 47.1 cm³/mol. The summed E-state index contributed by atoms with van der Waals surface area (Å²) in [7, 11) is 2.72. The highest BCUT2D eigenvalue weighted by molar-refractivity contribution is 6.67. The fourth-order valence-electron chi connectivity index (χ4n) is 0.943. The molecule has 1 aromatic heterocycles. The fraction of sp³-hybridized carbons (Fsp3) is 0.286. The van der Waals surface area contributed by atoms with Crippen molar-refractivity contribution in [2.24, 2.45) is 14.1 Å². The van der Waals surface area contributed by atoms with Crippen molar-refractivity contribution in [2.45, 2.75) is 0 Å². The molecule has 0 atom stereocenters. The zero-order valence-electron chi connectivity index (χ0n) is 7.07. The third-order valence-corrected chi connectivity index (χ3v) is 1.86. The van der Waals surface area contributed by atoms with Crippen molar-refractivity contribution >= 4 is 16.8 Å². The van der Waals surface area contributed by atoms with Crippen LogP contribution in [0.15, 0.2) is 15.8 Å². The van der Waals surface area contributed by atoms with Crippen LogP contribution in [-0.4, -0.2) is 14.4 Å². The number of hydrogen-bond donors (Lipinski definition) is 0. The number of hydrogen-bond acceptors (Lipinski definition) is 3. The van der Waals surface area contributed by atoms with Crippen LogP contribution in [0.3, 0.4) is 0 Å². The molecule has 0 aliphatic carbocycles. The van der Waals surface area contributed by atoms with Gasteiger partial charge in [0.15, 0.2) is 0 Å². The van der Waals surface area contributed by atoms with Crippen molar-refractivity contribution in [3.63, 3.8) is 0 Å². The van der Waals surface area contributed by atoms with Gasteiger partial charge in [-0.15, -0.1) is 0 Å². The first-order valence-electron chi connectivity index (χ1n) is 3.41. The van der Waals surface area contributed by atoms with Crippen molar-refractivity contribution in [1.82, 2.24) is 9.13 Å². The van der Waals surface area contributed by atoms with Crippen LogP contribution < -0.4 is 11.2 Å². The Morgan fingerprint density at radius 3 is 2.38 bits per heavy atom. The molecule has 70 valence electrons. The monoisotopic (exact) mass is 202 g/mol. The van der Waals surface area contributed by atoms with E-state index >= 15 is 0 Å². The van der Waals surface area contributed by atoms with E-state index in [4.69, 9.17) is 11.6 Å². The molecule has 5 nitrogen and oxygen atoms in total. The number of carbonyl (C=O) groups excluding carboxylic acids is 1. The van der Waals surface area contributed by atoms with Gasteiger partial charge in [-0.25, -0.2) is 4.79 Å². The van der Waals surface area contributed by atoms with Crippen LogP contribution in [-0.2, 0) is 14.1 Å². The van der Waals surface area contributed by atoms with Crippen LogP contribution >= 0.6 is 11.6 Å². The molecule has 0 bridgehead atoms. The first-order valence-corrected chi connectivity index (χ1v) is 3.79. The lowest BCUT2D eigenvalue weighted by Gasteiger charge is -2.02. The summed E-state index contributed by atoms with van der Waals surface area (Å²) in [6, 6.07) is 0. The molecule has 1 heterocycles. The van der Waals surface area contributed by atoms with Gasteiger partial charge in [-0.3, -0.25) is 14.2 Å². The van der Waals surface area contributed by atoms with E-state index in [0.29, 0.717) is 0 Å². The number of halogens is 1. The molecule has 0 amide bonds. The van der Waals surface area contributed by atoms with Crippen molar-refractivity contribution in [3.8, 4) is 0 Å². The number of aryl methyl sites for hydroxylation is 1.